The van der Waals surface area contributed by atoms with Crippen LogP contribution >= 0.6 is 0 Å². The summed E-state index contributed by atoms with van der Waals surface area (Å²) in [6, 6.07) is 3.34. The Bertz CT molecular complexity index is 755. The minimum atomic E-state index is -1.30. The molecule has 0 bridgehead atoms. The number of anilines is 1. The Morgan fingerprint density at radius 1 is 1.27 bits per heavy atom. The lowest BCUT2D eigenvalue weighted by atomic mass is 10.0. The molecule has 138 valence electrons. The lowest BCUT2D eigenvalue weighted by Crippen LogP contribution is -2.40. The highest BCUT2D eigenvalue weighted by atomic mass is 16.5. The summed E-state index contributed by atoms with van der Waals surface area (Å²) in [6.45, 7) is 0.751. The molecule has 0 aliphatic heterocycles. The van der Waals surface area contributed by atoms with E-state index in [1.807, 2.05) is 12.2 Å². The minimum Gasteiger partial charge on any atom is -0.498 e. The summed E-state index contributed by atoms with van der Waals surface area (Å²) in [6.07, 6.45) is 8.30. The summed E-state index contributed by atoms with van der Waals surface area (Å²) in [5, 5.41) is 13.7. The van der Waals surface area contributed by atoms with Gasteiger partial charge in [0.1, 0.15) is 0 Å². The van der Waals surface area contributed by atoms with Gasteiger partial charge in [-0.25, -0.2) is 9.59 Å². The van der Waals surface area contributed by atoms with Crippen molar-refractivity contribution in [2.24, 2.45) is 0 Å². The van der Waals surface area contributed by atoms with Crippen LogP contribution in [-0.2, 0) is 4.74 Å². The van der Waals surface area contributed by atoms with E-state index in [0.717, 1.165) is 18.6 Å². The SMILES string of the molecule is Nc1cccc(C(=O)O)c1C(=O)NC(=O)NCCCOC1=CC=CCC1. The first-order valence-corrected chi connectivity index (χ1v) is 8.18. The van der Waals surface area contributed by atoms with Gasteiger partial charge in [-0.15, -0.1) is 0 Å². The number of carboxylic acid groups (broad SMARTS) is 1. The van der Waals surface area contributed by atoms with Crippen LogP contribution in [0.5, 0.6) is 0 Å². The lowest BCUT2D eigenvalue weighted by molar-refractivity contribution is 0.0691. The highest BCUT2D eigenvalue weighted by Crippen LogP contribution is 2.17. The smallest absolute Gasteiger partial charge is 0.336 e. The third-order valence-electron chi connectivity index (χ3n) is 3.65. The van der Waals surface area contributed by atoms with Gasteiger partial charge in [0.05, 0.1) is 23.5 Å². The van der Waals surface area contributed by atoms with Gasteiger partial charge in [0.2, 0.25) is 0 Å². The molecule has 2 rings (SSSR count). The van der Waals surface area contributed by atoms with Crippen LogP contribution in [0.4, 0.5) is 10.5 Å². The standard InChI is InChI=1S/C18H21N3O5/c19-14-9-4-8-13(17(23)24)15(14)16(22)21-18(25)20-10-5-11-26-12-6-2-1-3-7-12/h1-2,4,6,8-9H,3,5,7,10-11,19H2,(H,23,24)(H2,20,21,22,25). The van der Waals surface area contributed by atoms with Crippen molar-refractivity contribution in [1.82, 2.24) is 10.6 Å². The molecular formula is C18H21N3O5. The van der Waals surface area contributed by atoms with Gasteiger partial charge in [-0.2, -0.15) is 0 Å². The van der Waals surface area contributed by atoms with Gasteiger partial charge < -0.3 is 20.9 Å². The highest BCUT2D eigenvalue weighted by molar-refractivity contribution is 6.12. The molecule has 0 aromatic heterocycles. The average molecular weight is 359 g/mol. The Morgan fingerprint density at radius 2 is 2.08 bits per heavy atom. The summed E-state index contributed by atoms with van der Waals surface area (Å²) in [7, 11) is 0. The molecule has 3 amide bonds. The largest absolute Gasteiger partial charge is 0.498 e. The number of hydrogen-bond acceptors (Lipinski definition) is 5. The number of imide groups is 1. The molecule has 8 heteroatoms. The molecule has 1 aliphatic carbocycles. The first-order valence-electron chi connectivity index (χ1n) is 8.18. The molecule has 1 aromatic carbocycles. The second-order valence-corrected chi connectivity index (χ2v) is 5.59. The van der Waals surface area contributed by atoms with Crippen molar-refractivity contribution in [3.63, 3.8) is 0 Å². The first-order chi connectivity index (χ1) is 12.5. The van der Waals surface area contributed by atoms with Crippen LogP contribution in [0.2, 0.25) is 0 Å². The zero-order chi connectivity index (χ0) is 18.9. The summed E-state index contributed by atoms with van der Waals surface area (Å²) in [5.41, 5.74) is 5.14. The summed E-state index contributed by atoms with van der Waals surface area (Å²) >= 11 is 0. The molecule has 0 heterocycles. The Labute approximate surface area is 150 Å². The molecule has 0 saturated heterocycles. The molecule has 5 N–H and O–H groups in total. The number of carbonyl (C=O) groups excluding carboxylic acids is 2. The van der Waals surface area contributed by atoms with E-state index in [1.165, 1.54) is 18.2 Å². The van der Waals surface area contributed by atoms with Crippen LogP contribution in [0.1, 0.15) is 40.0 Å². The number of carboxylic acids is 1. The Hall–Kier alpha value is -3.29. The number of carbonyl (C=O) groups is 3. The maximum Gasteiger partial charge on any atom is 0.336 e. The number of benzene rings is 1. The first kappa shape index (κ1) is 19.0. The molecule has 0 radical (unpaired) electrons. The van der Waals surface area contributed by atoms with Crippen LogP contribution in [0.3, 0.4) is 0 Å². The van der Waals surface area contributed by atoms with Crippen LogP contribution in [-0.4, -0.2) is 36.2 Å². The predicted molar refractivity (Wildman–Crippen MR) is 95.7 cm³/mol. The van der Waals surface area contributed by atoms with Gasteiger partial charge in [-0.3, -0.25) is 10.1 Å². The van der Waals surface area contributed by atoms with E-state index in [2.05, 4.69) is 16.7 Å². The van der Waals surface area contributed by atoms with E-state index in [9.17, 15) is 14.4 Å². The summed E-state index contributed by atoms with van der Waals surface area (Å²) in [5.74, 6) is -1.26. The van der Waals surface area contributed by atoms with E-state index in [4.69, 9.17) is 15.6 Å². The average Bonchev–Trinajstić information content (AvgIpc) is 2.61. The number of aromatic carboxylic acids is 1. The van der Waals surface area contributed by atoms with E-state index >= 15 is 0 Å². The van der Waals surface area contributed by atoms with Gasteiger partial charge in [-0.1, -0.05) is 18.2 Å². The van der Waals surface area contributed by atoms with Crippen molar-refractivity contribution in [3.8, 4) is 0 Å². The maximum atomic E-state index is 12.1. The van der Waals surface area contributed by atoms with E-state index in [0.29, 0.717) is 19.6 Å². The second-order valence-electron chi connectivity index (χ2n) is 5.59. The van der Waals surface area contributed by atoms with Crippen molar-refractivity contribution in [2.75, 3.05) is 18.9 Å². The molecule has 0 spiro atoms. The molecule has 26 heavy (non-hydrogen) atoms. The van der Waals surface area contributed by atoms with E-state index in [1.54, 1.807) is 0 Å². The normalized spacial score (nSPS) is 12.8. The van der Waals surface area contributed by atoms with Crippen LogP contribution in [0.25, 0.3) is 0 Å². The lowest BCUT2D eigenvalue weighted by Gasteiger charge is -2.12. The second kappa shape index (κ2) is 9.26. The van der Waals surface area contributed by atoms with E-state index < -0.39 is 17.9 Å². The Kier molecular flexibility index (Phi) is 6.78. The monoisotopic (exact) mass is 359 g/mol. The van der Waals surface area contributed by atoms with Crippen molar-refractivity contribution in [3.05, 3.63) is 53.3 Å². The number of allylic oxidation sites excluding steroid dienone is 4. The zero-order valence-electron chi connectivity index (χ0n) is 14.2. The third kappa shape index (κ3) is 5.37. The Balaban J connectivity index is 1.77. The number of nitrogens with two attached hydrogens (primary N) is 1. The van der Waals surface area contributed by atoms with Gasteiger partial charge in [0.15, 0.2) is 0 Å². The number of rotatable bonds is 7. The zero-order valence-corrected chi connectivity index (χ0v) is 14.2. The molecule has 0 unspecified atom stereocenters. The van der Waals surface area contributed by atoms with Crippen LogP contribution in [0, 0.1) is 0 Å². The number of hydrogen-bond donors (Lipinski definition) is 4. The van der Waals surface area contributed by atoms with E-state index in [-0.39, 0.29) is 16.8 Å². The van der Waals surface area contributed by atoms with Crippen molar-refractivity contribution >= 4 is 23.6 Å². The molecule has 0 fully saturated rings. The number of nitrogen functional groups attached to an aromatic ring is 1. The highest BCUT2D eigenvalue weighted by Gasteiger charge is 2.20. The fourth-order valence-corrected chi connectivity index (χ4v) is 2.39. The number of amides is 3. The molecular weight excluding hydrogens is 338 g/mol. The van der Waals surface area contributed by atoms with Crippen molar-refractivity contribution in [1.29, 1.82) is 0 Å². The number of urea groups is 1. The van der Waals surface area contributed by atoms with Crippen LogP contribution in [0.15, 0.2) is 42.2 Å². The summed E-state index contributed by atoms with van der Waals surface area (Å²) in [4.78, 5) is 35.1. The number of ether oxygens (including phenoxy) is 1. The molecule has 1 aliphatic rings. The van der Waals surface area contributed by atoms with Gasteiger partial charge >= 0.3 is 12.0 Å². The Morgan fingerprint density at radius 3 is 2.77 bits per heavy atom. The molecule has 8 nitrogen and oxygen atoms in total. The van der Waals surface area contributed by atoms with Crippen LogP contribution < -0.4 is 16.4 Å². The molecule has 1 aromatic rings. The van der Waals surface area contributed by atoms with Crippen molar-refractivity contribution in [2.45, 2.75) is 19.3 Å². The summed E-state index contributed by atoms with van der Waals surface area (Å²) < 4.78 is 5.56. The number of nitrogens with one attached hydrogen (secondary N) is 2. The predicted octanol–water partition coefficient (Wildman–Crippen LogP) is 2.05. The van der Waals surface area contributed by atoms with Crippen molar-refractivity contribution < 1.29 is 24.2 Å². The minimum absolute atomic E-state index is 0.0154. The third-order valence-corrected chi connectivity index (χ3v) is 3.65. The molecule has 0 saturated carbocycles. The topological polar surface area (TPSA) is 131 Å². The fourth-order valence-electron chi connectivity index (χ4n) is 2.39. The van der Waals surface area contributed by atoms with Gasteiger partial charge in [-0.05, 0) is 31.1 Å². The maximum absolute atomic E-state index is 12.1. The van der Waals surface area contributed by atoms with Gasteiger partial charge in [0, 0.05) is 18.7 Å². The molecule has 0 atom stereocenters. The quantitative estimate of drug-likeness (QED) is 0.435. The fraction of sp³-hybridized carbons (Fsp3) is 0.278. The van der Waals surface area contributed by atoms with Gasteiger partial charge in [0.25, 0.3) is 5.91 Å².